The largest absolute Gasteiger partial charge is 0.416 e. The van der Waals surface area contributed by atoms with Crippen molar-refractivity contribution in [3.8, 4) is 11.5 Å². The molecule has 0 N–H and O–H groups in total. The zero-order valence-electron chi connectivity index (χ0n) is 21.1. The Morgan fingerprint density at radius 2 is 1.46 bits per heavy atom. The number of nitrogens with zero attached hydrogens (tertiary/aromatic N) is 7. The molecular formula is C23H24Cl2F3N7O2. The van der Waals surface area contributed by atoms with Gasteiger partial charge in [-0.1, -0.05) is 23.2 Å². The molecule has 37 heavy (non-hydrogen) atoms. The van der Waals surface area contributed by atoms with Gasteiger partial charge in [-0.2, -0.15) is 28.5 Å². The van der Waals surface area contributed by atoms with Crippen LogP contribution in [-0.4, -0.2) is 34.3 Å². The van der Waals surface area contributed by atoms with Crippen LogP contribution in [0.25, 0.3) is 11.5 Å². The summed E-state index contributed by atoms with van der Waals surface area (Å²) in [7, 11) is 1.96. The first-order chi connectivity index (χ1) is 17.1. The molecule has 0 atom stereocenters. The van der Waals surface area contributed by atoms with E-state index in [0.29, 0.717) is 12.1 Å². The van der Waals surface area contributed by atoms with Crippen LogP contribution >= 0.6 is 23.2 Å². The summed E-state index contributed by atoms with van der Waals surface area (Å²) in [6.45, 7) is 11.8. The Bertz CT molecular complexity index is 1430. The van der Waals surface area contributed by atoms with Crippen molar-refractivity contribution >= 4 is 28.9 Å². The third-order valence-corrected chi connectivity index (χ3v) is 6.77. The number of aromatic nitrogens is 6. The van der Waals surface area contributed by atoms with Gasteiger partial charge in [-0.15, -0.1) is 0 Å². The summed E-state index contributed by atoms with van der Waals surface area (Å²) < 4.78 is 42.8. The van der Waals surface area contributed by atoms with Gasteiger partial charge in [0.05, 0.1) is 26.2 Å². The molecule has 3 aromatic heterocycles. The molecule has 14 heteroatoms. The van der Waals surface area contributed by atoms with E-state index in [1.807, 2.05) is 23.3 Å². The van der Waals surface area contributed by atoms with E-state index in [-0.39, 0.29) is 27.1 Å². The molecule has 0 amide bonds. The number of alkyl halides is 3. The molecule has 0 bridgehead atoms. The van der Waals surface area contributed by atoms with Crippen LogP contribution in [-0.2, 0) is 13.2 Å². The molecule has 0 spiro atoms. The Hall–Kier alpha value is -3.38. The maximum Gasteiger partial charge on any atom is 0.416 e. The highest BCUT2D eigenvalue weighted by Crippen LogP contribution is 2.38. The molecule has 4 aromatic rings. The molecule has 0 aliphatic rings. The fourth-order valence-electron chi connectivity index (χ4n) is 3.56. The van der Waals surface area contributed by atoms with Crippen molar-refractivity contribution in [3.63, 3.8) is 0 Å². The Labute approximate surface area is 220 Å². The topological polar surface area (TPSA) is 96.6 Å². The number of hydrogen-bond donors (Lipinski definition) is 0. The van der Waals surface area contributed by atoms with Crippen molar-refractivity contribution < 1.29 is 18.1 Å². The van der Waals surface area contributed by atoms with E-state index in [4.69, 9.17) is 23.2 Å². The molecule has 0 unspecified atom stereocenters. The lowest BCUT2D eigenvalue weighted by Crippen LogP contribution is -2.08. The van der Waals surface area contributed by atoms with E-state index in [1.165, 1.54) is 29.4 Å². The Morgan fingerprint density at radius 1 is 0.892 bits per heavy atom. The maximum atomic E-state index is 12.6. The Kier molecular flexibility index (Phi) is 7.75. The van der Waals surface area contributed by atoms with E-state index in [2.05, 4.69) is 43.0 Å². The van der Waals surface area contributed by atoms with E-state index in [9.17, 15) is 23.3 Å². The first-order valence-corrected chi connectivity index (χ1v) is 11.6. The molecule has 4 rings (SSSR count). The van der Waals surface area contributed by atoms with Gasteiger partial charge in [-0.25, -0.2) is 9.36 Å². The highest BCUT2D eigenvalue weighted by atomic mass is 35.5. The SMILES string of the molecule is Cc1c([N+](=O)[O-])cnn1-c1c(Cl)cc(C(F)(F)F)cc1Cl.Cc1nn(-c2nn(C)c(C)c2C)c(C)c1C. The van der Waals surface area contributed by atoms with Crippen LogP contribution in [0, 0.1) is 51.7 Å². The molecule has 0 saturated heterocycles. The summed E-state index contributed by atoms with van der Waals surface area (Å²) in [5, 5.41) is 22.9. The van der Waals surface area contributed by atoms with Crippen LogP contribution in [0.3, 0.4) is 0 Å². The maximum absolute atomic E-state index is 12.6. The van der Waals surface area contributed by atoms with E-state index in [0.717, 1.165) is 22.4 Å². The molecule has 0 saturated carbocycles. The summed E-state index contributed by atoms with van der Waals surface area (Å²) in [5.41, 5.74) is 4.60. The lowest BCUT2D eigenvalue weighted by molar-refractivity contribution is -0.385. The number of aryl methyl sites for hydroxylation is 2. The third-order valence-electron chi connectivity index (χ3n) is 6.20. The molecule has 9 nitrogen and oxygen atoms in total. The average Bonchev–Trinajstić information content (AvgIpc) is 3.38. The third kappa shape index (κ3) is 5.35. The highest BCUT2D eigenvalue weighted by Gasteiger charge is 2.33. The highest BCUT2D eigenvalue weighted by molar-refractivity contribution is 6.37. The van der Waals surface area contributed by atoms with Crippen molar-refractivity contribution in [2.75, 3.05) is 0 Å². The van der Waals surface area contributed by atoms with Crippen LogP contribution in [0.15, 0.2) is 18.3 Å². The van der Waals surface area contributed by atoms with Crippen LogP contribution < -0.4 is 0 Å². The molecule has 198 valence electrons. The summed E-state index contributed by atoms with van der Waals surface area (Å²) in [5.74, 6) is 0.939. The smallest absolute Gasteiger partial charge is 0.270 e. The molecule has 0 aliphatic carbocycles. The second-order valence-corrected chi connectivity index (χ2v) is 9.25. The van der Waals surface area contributed by atoms with Gasteiger partial charge in [0.2, 0.25) is 0 Å². The van der Waals surface area contributed by atoms with Crippen LogP contribution in [0.4, 0.5) is 18.9 Å². The fourth-order valence-corrected chi connectivity index (χ4v) is 4.21. The fraction of sp³-hybridized carbons (Fsp3) is 0.348. The number of benzene rings is 1. The van der Waals surface area contributed by atoms with E-state index >= 15 is 0 Å². The number of nitro groups is 1. The minimum atomic E-state index is -4.60. The zero-order chi connectivity index (χ0) is 28.0. The molecule has 0 aliphatic heterocycles. The van der Waals surface area contributed by atoms with E-state index in [1.54, 1.807) is 0 Å². The first kappa shape index (κ1) is 28.2. The monoisotopic (exact) mass is 557 g/mol. The molecule has 3 heterocycles. The van der Waals surface area contributed by atoms with Gasteiger partial charge in [0, 0.05) is 24.0 Å². The molecular weight excluding hydrogens is 534 g/mol. The van der Waals surface area contributed by atoms with Gasteiger partial charge >= 0.3 is 11.9 Å². The van der Waals surface area contributed by atoms with Crippen molar-refractivity contribution in [3.05, 3.63) is 78.0 Å². The minimum Gasteiger partial charge on any atom is -0.270 e. The summed E-state index contributed by atoms with van der Waals surface area (Å²) in [6, 6.07) is 1.38. The molecule has 1 aromatic carbocycles. The number of rotatable bonds is 3. The molecule has 0 fully saturated rings. The van der Waals surface area contributed by atoms with E-state index < -0.39 is 16.7 Å². The first-order valence-electron chi connectivity index (χ1n) is 10.8. The van der Waals surface area contributed by atoms with Gasteiger partial charge < -0.3 is 0 Å². The number of hydrogen-bond acceptors (Lipinski definition) is 5. The Balaban J connectivity index is 0.000000213. The van der Waals surface area contributed by atoms with Crippen LogP contribution in [0.1, 0.15) is 39.5 Å². The molecule has 0 radical (unpaired) electrons. The van der Waals surface area contributed by atoms with Gasteiger partial charge in [0.1, 0.15) is 17.6 Å². The van der Waals surface area contributed by atoms with Crippen LogP contribution in [0.5, 0.6) is 0 Å². The summed E-state index contributed by atoms with van der Waals surface area (Å²) >= 11 is 11.6. The Morgan fingerprint density at radius 3 is 1.84 bits per heavy atom. The second-order valence-electron chi connectivity index (χ2n) is 8.44. The standard InChI is InChI=1S/C12H18N4.C11H6Cl2F3N3O2/c1-7-9(3)13-16(11(7)5)12-8(2)10(4)15(6)14-12;1-5-9(19(20)21)4-17-18(5)10-7(12)2-6(3-8(10)13)11(14,15)16/h1-6H3;2-4H,1H3. The van der Waals surface area contributed by atoms with Gasteiger partial charge in [-0.3, -0.25) is 14.8 Å². The van der Waals surface area contributed by atoms with Gasteiger partial charge in [0.25, 0.3) is 0 Å². The van der Waals surface area contributed by atoms with Crippen molar-refractivity contribution in [2.45, 2.75) is 47.7 Å². The summed E-state index contributed by atoms with van der Waals surface area (Å²) in [6.07, 6.45) is -3.63. The number of halogens is 5. The normalized spacial score (nSPS) is 11.5. The zero-order valence-corrected chi connectivity index (χ0v) is 22.6. The predicted octanol–water partition coefficient (Wildman–Crippen LogP) is 6.56. The van der Waals surface area contributed by atoms with Gasteiger partial charge in [0.15, 0.2) is 5.82 Å². The second kappa shape index (κ2) is 10.2. The lowest BCUT2D eigenvalue weighted by Gasteiger charge is -2.13. The van der Waals surface area contributed by atoms with Crippen molar-refractivity contribution in [1.82, 2.24) is 29.3 Å². The quantitative estimate of drug-likeness (QED) is 0.210. The van der Waals surface area contributed by atoms with Crippen LogP contribution in [0.2, 0.25) is 10.0 Å². The predicted molar refractivity (Wildman–Crippen MR) is 134 cm³/mol. The minimum absolute atomic E-state index is 0.0445. The lowest BCUT2D eigenvalue weighted by atomic mass is 10.2. The average molecular weight is 558 g/mol. The van der Waals surface area contributed by atoms with Crippen molar-refractivity contribution in [2.24, 2.45) is 7.05 Å². The summed E-state index contributed by atoms with van der Waals surface area (Å²) in [4.78, 5) is 10.1. The van der Waals surface area contributed by atoms with Crippen molar-refractivity contribution in [1.29, 1.82) is 0 Å². The van der Waals surface area contributed by atoms with Gasteiger partial charge in [-0.05, 0) is 59.2 Å².